The summed E-state index contributed by atoms with van der Waals surface area (Å²) in [7, 11) is 0. The Kier molecular flexibility index (Phi) is 5.93. The Labute approximate surface area is 96.5 Å². The van der Waals surface area contributed by atoms with Gasteiger partial charge in [-0.25, -0.2) is 0 Å². The molecular formula is C15H28. The zero-order valence-electron chi connectivity index (χ0n) is 11.5. The molecule has 0 fully saturated rings. The smallest absolute Gasteiger partial charge is 0.0263 e. The molecule has 0 aliphatic heterocycles. The van der Waals surface area contributed by atoms with Crippen molar-refractivity contribution in [3.05, 3.63) is 23.8 Å². The molecule has 15 heavy (non-hydrogen) atoms. The van der Waals surface area contributed by atoms with Gasteiger partial charge >= 0.3 is 0 Å². The molecule has 0 aromatic heterocycles. The maximum Gasteiger partial charge on any atom is -0.0263 e. The first-order valence-corrected chi connectivity index (χ1v) is 6.12. The van der Waals surface area contributed by atoms with Crippen molar-refractivity contribution in [2.45, 2.75) is 60.8 Å². The second kappa shape index (κ2) is 6.15. The molecule has 0 rings (SSSR count). The van der Waals surface area contributed by atoms with Crippen molar-refractivity contribution in [3.63, 3.8) is 0 Å². The number of hydrogen-bond donors (Lipinski definition) is 0. The Morgan fingerprint density at radius 2 is 1.93 bits per heavy atom. The predicted molar refractivity (Wildman–Crippen MR) is 71.0 cm³/mol. The van der Waals surface area contributed by atoms with Crippen LogP contribution < -0.4 is 0 Å². The zero-order chi connectivity index (χ0) is 12.1. The molecule has 0 nitrogen and oxygen atoms in total. The van der Waals surface area contributed by atoms with Crippen molar-refractivity contribution in [2.24, 2.45) is 11.3 Å². The minimum absolute atomic E-state index is 0.426. The molecule has 2 atom stereocenters. The fraction of sp³-hybridized carbons (Fsp3) is 0.733. The van der Waals surface area contributed by atoms with Gasteiger partial charge < -0.3 is 0 Å². The van der Waals surface area contributed by atoms with Crippen LogP contribution in [0.4, 0.5) is 0 Å². The molecule has 0 amide bonds. The first-order chi connectivity index (χ1) is 6.85. The van der Waals surface area contributed by atoms with Gasteiger partial charge in [0.25, 0.3) is 0 Å². The van der Waals surface area contributed by atoms with Crippen LogP contribution in [0.25, 0.3) is 0 Å². The molecule has 0 saturated heterocycles. The molecule has 0 aromatic carbocycles. The van der Waals surface area contributed by atoms with Crippen LogP contribution in [0, 0.1) is 11.3 Å². The normalized spacial score (nSPS) is 18.4. The van der Waals surface area contributed by atoms with Gasteiger partial charge in [0.05, 0.1) is 0 Å². The van der Waals surface area contributed by atoms with Crippen LogP contribution in [0.3, 0.4) is 0 Å². The fourth-order valence-electron chi connectivity index (χ4n) is 2.16. The lowest BCUT2D eigenvalue weighted by atomic mass is 9.70. The lowest BCUT2D eigenvalue weighted by molar-refractivity contribution is 0.189. The summed E-state index contributed by atoms with van der Waals surface area (Å²) < 4.78 is 0. The lowest BCUT2D eigenvalue weighted by Gasteiger charge is -2.35. The Morgan fingerprint density at radius 1 is 1.40 bits per heavy atom. The van der Waals surface area contributed by atoms with E-state index in [1.165, 1.54) is 24.0 Å². The highest BCUT2D eigenvalue weighted by Crippen LogP contribution is 2.40. The Hall–Kier alpha value is -0.520. The van der Waals surface area contributed by atoms with Gasteiger partial charge in [-0.2, -0.15) is 0 Å². The summed E-state index contributed by atoms with van der Waals surface area (Å²) in [5.41, 5.74) is 3.24. The van der Waals surface area contributed by atoms with Crippen molar-refractivity contribution in [3.8, 4) is 0 Å². The molecule has 0 N–H and O–H groups in total. The number of rotatable bonds is 6. The van der Waals surface area contributed by atoms with Gasteiger partial charge in [0.2, 0.25) is 0 Å². The highest BCUT2D eigenvalue weighted by atomic mass is 14.3. The van der Waals surface area contributed by atoms with Crippen molar-refractivity contribution in [1.29, 1.82) is 0 Å². The lowest BCUT2D eigenvalue weighted by Crippen LogP contribution is -2.25. The summed E-state index contributed by atoms with van der Waals surface area (Å²) in [6, 6.07) is 0. The second-order valence-electron chi connectivity index (χ2n) is 5.38. The Bertz CT molecular complexity index is 234. The van der Waals surface area contributed by atoms with E-state index in [0.717, 1.165) is 12.3 Å². The molecule has 0 bridgehead atoms. The Balaban J connectivity index is 4.60. The van der Waals surface area contributed by atoms with E-state index in [4.69, 9.17) is 0 Å². The molecular weight excluding hydrogens is 180 g/mol. The monoisotopic (exact) mass is 208 g/mol. The third kappa shape index (κ3) is 4.68. The van der Waals surface area contributed by atoms with E-state index in [9.17, 15) is 0 Å². The molecule has 0 heterocycles. The molecule has 0 radical (unpaired) electrons. The first kappa shape index (κ1) is 14.5. The van der Waals surface area contributed by atoms with Gasteiger partial charge in [-0.15, -0.1) is 6.58 Å². The predicted octanol–water partition coefficient (Wildman–Crippen LogP) is 5.36. The van der Waals surface area contributed by atoms with Gasteiger partial charge in [0.15, 0.2) is 0 Å². The minimum Gasteiger partial charge on any atom is -0.100 e. The molecule has 0 aromatic rings. The van der Waals surface area contributed by atoms with Crippen LogP contribution >= 0.6 is 0 Å². The maximum absolute atomic E-state index is 4.03. The van der Waals surface area contributed by atoms with E-state index in [-0.39, 0.29) is 0 Å². The SMILES string of the molecule is C=C(C)CC(C)C(C)(CC)CC(C)=CC. The number of hydrogen-bond acceptors (Lipinski definition) is 0. The van der Waals surface area contributed by atoms with Crippen molar-refractivity contribution >= 4 is 0 Å². The summed E-state index contributed by atoms with van der Waals surface area (Å²) in [5, 5.41) is 0. The van der Waals surface area contributed by atoms with Crippen LogP contribution in [0.5, 0.6) is 0 Å². The minimum atomic E-state index is 0.426. The zero-order valence-corrected chi connectivity index (χ0v) is 11.5. The summed E-state index contributed by atoms with van der Waals surface area (Å²) in [5.74, 6) is 0.717. The fourth-order valence-corrected chi connectivity index (χ4v) is 2.16. The maximum atomic E-state index is 4.03. The summed E-state index contributed by atoms with van der Waals surface area (Å²) >= 11 is 0. The van der Waals surface area contributed by atoms with Crippen LogP contribution in [0.15, 0.2) is 23.8 Å². The first-order valence-electron chi connectivity index (χ1n) is 6.12. The van der Waals surface area contributed by atoms with Gasteiger partial charge in [-0.1, -0.05) is 44.4 Å². The number of allylic oxidation sites excluding steroid dienone is 3. The average molecular weight is 208 g/mol. The second-order valence-corrected chi connectivity index (χ2v) is 5.38. The van der Waals surface area contributed by atoms with Crippen LogP contribution in [-0.4, -0.2) is 0 Å². The molecule has 88 valence electrons. The third-order valence-corrected chi connectivity index (χ3v) is 3.83. The van der Waals surface area contributed by atoms with E-state index >= 15 is 0 Å². The van der Waals surface area contributed by atoms with E-state index in [0.29, 0.717) is 5.41 Å². The van der Waals surface area contributed by atoms with E-state index < -0.39 is 0 Å². The highest BCUT2D eigenvalue weighted by Gasteiger charge is 2.29. The van der Waals surface area contributed by atoms with Crippen molar-refractivity contribution in [2.75, 3.05) is 0 Å². The molecule has 0 heteroatoms. The van der Waals surface area contributed by atoms with Crippen molar-refractivity contribution in [1.82, 2.24) is 0 Å². The molecule has 0 spiro atoms. The quantitative estimate of drug-likeness (QED) is 0.515. The molecule has 2 unspecified atom stereocenters. The standard InChI is InChI=1S/C15H28/c1-8-13(5)11-15(7,9-2)14(6)10-12(3)4/h8,14H,3,9-11H2,1-2,4-7H3. The van der Waals surface area contributed by atoms with Crippen molar-refractivity contribution < 1.29 is 0 Å². The topological polar surface area (TPSA) is 0 Å². The van der Waals surface area contributed by atoms with Gasteiger partial charge in [0, 0.05) is 0 Å². The molecule has 0 saturated carbocycles. The van der Waals surface area contributed by atoms with Gasteiger partial charge in [-0.05, 0) is 44.9 Å². The van der Waals surface area contributed by atoms with E-state index in [2.05, 4.69) is 54.2 Å². The van der Waals surface area contributed by atoms with Crippen LogP contribution in [0.1, 0.15) is 60.8 Å². The largest absolute Gasteiger partial charge is 0.100 e. The van der Waals surface area contributed by atoms with Gasteiger partial charge in [-0.3, -0.25) is 0 Å². The summed E-state index contributed by atoms with van der Waals surface area (Å²) in [4.78, 5) is 0. The molecule has 0 aliphatic rings. The van der Waals surface area contributed by atoms with E-state index in [1.807, 2.05) is 0 Å². The van der Waals surface area contributed by atoms with Crippen LogP contribution in [0.2, 0.25) is 0 Å². The average Bonchev–Trinajstić information content (AvgIpc) is 2.16. The molecule has 0 aliphatic carbocycles. The van der Waals surface area contributed by atoms with E-state index in [1.54, 1.807) is 0 Å². The van der Waals surface area contributed by atoms with Gasteiger partial charge in [0.1, 0.15) is 0 Å². The summed E-state index contributed by atoms with van der Waals surface area (Å²) in [6.45, 7) is 17.6. The Morgan fingerprint density at radius 3 is 2.27 bits per heavy atom. The summed E-state index contributed by atoms with van der Waals surface area (Å²) in [6.07, 6.45) is 5.85. The van der Waals surface area contributed by atoms with Crippen LogP contribution in [-0.2, 0) is 0 Å². The highest BCUT2D eigenvalue weighted by molar-refractivity contribution is 5.03. The third-order valence-electron chi connectivity index (χ3n) is 3.83.